The first-order valence-corrected chi connectivity index (χ1v) is 7.91. The van der Waals surface area contributed by atoms with Gasteiger partial charge in [-0.2, -0.15) is 5.26 Å². The summed E-state index contributed by atoms with van der Waals surface area (Å²) in [5, 5.41) is 22.5. The molecule has 0 aliphatic carbocycles. The minimum atomic E-state index is -0.662. The van der Waals surface area contributed by atoms with E-state index in [4.69, 9.17) is 14.2 Å². The molecule has 0 radical (unpaired) electrons. The molecule has 0 aliphatic rings. The average Bonchev–Trinajstić information content (AvgIpc) is 2.71. The van der Waals surface area contributed by atoms with Crippen molar-refractivity contribution in [1.82, 2.24) is 0 Å². The summed E-state index contributed by atoms with van der Waals surface area (Å²) in [5.41, 5.74) is 0.533. The topological polar surface area (TPSA) is 124 Å². The van der Waals surface area contributed by atoms with Gasteiger partial charge < -0.3 is 19.5 Å². The largest absolute Gasteiger partial charge is 0.493 e. The number of anilines is 1. The number of carbonyl (C=O) groups excluding carboxylic acids is 1. The second-order valence-corrected chi connectivity index (χ2v) is 5.39. The van der Waals surface area contributed by atoms with Crippen LogP contribution in [0.25, 0.3) is 6.08 Å². The van der Waals surface area contributed by atoms with E-state index in [-0.39, 0.29) is 11.3 Å². The molecule has 144 valence electrons. The van der Waals surface area contributed by atoms with Gasteiger partial charge in [-0.3, -0.25) is 14.9 Å². The molecule has 0 heterocycles. The van der Waals surface area contributed by atoms with Crippen LogP contribution in [-0.2, 0) is 4.79 Å². The first-order valence-electron chi connectivity index (χ1n) is 7.91. The zero-order valence-corrected chi connectivity index (χ0v) is 15.4. The molecule has 0 unspecified atom stereocenters. The summed E-state index contributed by atoms with van der Waals surface area (Å²) in [6.07, 6.45) is 1.37. The van der Waals surface area contributed by atoms with Gasteiger partial charge in [-0.15, -0.1) is 0 Å². The lowest BCUT2D eigenvalue weighted by Gasteiger charge is -2.13. The molecule has 9 heteroatoms. The van der Waals surface area contributed by atoms with Gasteiger partial charge in [-0.25, -0.2) is 0 Å². The van der Waals surface area contributed by atoms with Crippen molar-refractivity contribution in [2.75, 3.05) is 26.6 Å². The molecule has 0 bridgehead atoms. The Morgan fingerprint density at radius 3 is 2.11 bits per heavy atom. The summed E-state index contributed by atoms with van der Waals surface area (Å²) in [6.45, 7) is 0. The van der Waals surface area contributed by atoms with Crippen LogP contribution in [0.3, 0.4) is 0 Å². The number of nitrogens with one attached hydrogen (secondary N) is 1. The van der Waals surface area contributed by atoms with E-state index in [9.17, 15) is 20.2 Å². The van der Waals surface area contributed by atoms with E-state index in [1.54, 1.807) is 12.1 Å². The van der Waals surface area contributed by atoms with Crippen LogP contribution in [-0.4, -0.2) is 32.2 Å². The minimum absolute atomic E-state index is 0.105. The number of hydrogen-bond acceptors (Lipinski definition) is 7. The molecule has 0 fully saturated rings. The predicted molar refractivity (Wildman–Crippen MR) is 101 cm³/mol. The lowest BCUT2D eigenvalue weighted by Crippen LogP contribution is -2.13. The number of nitriles is 1. The number of methoxy groups -OCH3 is 3. The third-order valence-corrected chi connectivity index (χ3v) is 3.70. The first-order chi connectivity index (χ1) is 13.4. The lowest BCUT2D eigenvalue weighted by atomic mass is 10.1. The van der Waals surface area contributed by atoms with Crippen molar-refractivity contribution in [3.05, 3.63) is 57.6 Å². The maximum absolute atomic E-state index is 12.4. The average molecular weight is 383 g/mol. The molecule has 0 aliphatic heterocycles. The van der Waals surface area contributed by atoms with Crippen molar-refractivity contribution in [2.45, 2.75) is 0 Å². The van der Waals surface area contributed by atoms with Gasteiger partial charge in [-0.05, 0) is 35.9 Å². The molecule has 0 saturated carbocycles. The van der Waals surface area contributed by atoms with E-state index in [0.717, 1.165) is 0 Å². The molecule has 2 aromatic rings. The van der Waals surface area contributed by atoms with Gasteiger partial charge >= 0.3 is 0 Å². The van der Waals surface area contributed by atoms with Gasteiger partial charge in [0.15, 0.2) is 11.5 Å². The Morgan fingerprint density at radius 2 is 1.68 bits per heavy atom. The number of benzene rings is 2. The van der Waals surface area contributed by atoms with Crippen LogP contribution in [0.15, 0.2) is 42.0 Å². The third-order valence-electron chi connectivity index (χ3n) is 3.70. The summed E-state index contributed by atoms with van der Waals surface area (Å²) in [5.74, 6) is 0.475. The Bertz CT molecular complexity index is 936. The normalized spacial score (nSPS) is 10.6. The van der Waals surface area contributed by atoms with Gasteiger partial charge in [0, 0.05) is 17.8 Å². The molecule has 0 aromatic heterocycles. The van der Waals surface area contributed by atoms with E-state index in [0.29, 0.717) is 28.5 Å². The number of carbonyl (C=O) groups is 1. The van der Waals surface area contributed by atoms with Crippen molar-refractivity contribution in [1.29, 1.82) is 5.26 Å². The fourth-order valence-corrected chi connectivity index (χ4v) is 2.36. The Balaban J connectivity index is 2.31. The smallest absolute Gasteiger partial charge is 0.269 e. The number of nitrogens with zero attached hydrogens (tertiary/aromatic N) is 2. The Hall–Kier alpha value is -4.06. The number of nitro benzene ring substituents is 1. The quantitative estimate of drug-likeness (QED) is 0.337. The zero-order chi connectivity index (χ0) is 20.7. The highest BCUT2D eigenvalue weighted by Crippen LogP contribution is 2.38. The van der Waals surface area contributed by atoms with Gasteiger partial charge in [0.1, 0.15) is 11.6 Å². The molecule has 0 spiro atoms. The maximum Gasteiger partial charge on any atom is 0.269 e. The van der Waals surface area contributed by atoms with Crippen LogP contribution in [0.5, 0.6) is 17.2 Å². The fraction of sp³-hybridized carbons (Fsp3) is 0.158. The molecular formula is C19H17N3O6. The monoisotopic (exact) mass is 383 g/mol. The number of ether oxygens (including phenoxy) is 3. The molecule has 2 rings (SSSR count). The molecule has 28 heavy (non-hydrogen) atoms. The van der Waals surface area contributed by atoms with E-state index >= 15 is 0 Å². The first kappa shape index (κ1) is 20.3. The highest BCUT2D eigenvalue weighted by molar-refractivity contribution is 6.09. The second kappa shape index (κ2) is 9.05. The van der Waals surface area contributed by atoms with Crippen LogP contribution >= 0.6 is 0 Å². The van der Waals surface area contributed by atoms with Gasteiger partial charge in [0.25, 0.3) is 11.6 Å². The molecular weight excluding hydrogens is 366 g/mol. The molecule has 0 atom stereocenters. The number of amides is 1. The molecule has 2 aromatic carbocycles. The lowest BCUT2D eigenvalue weighted by molar-refractivity contribution is -0.384. The van der Waals surface area contributed by atoms with Crippen LogP contribution in [0, 0.1) is 21.4 Å². The van der Waals surface area contributed by atoms with Crippen molar-refractivity contribution < 1.29 is 23.9 Å². The SMILES string of the molecule is COc1cc(/C=C(\C#N)C(=O)Nc2ccc([N+](=O)[O-])cc2)cc(OC)c1OC. The number of rotatable bonds is 7. The summed E-state index contributed by atoms with van der Waals surface area (Å²) in [6, 6.07) is 10.3. The van der Waals surface area contributed by atoms with Gasteiger partial charge in [0.05, 0.1) is 26.3 Å². The fourth-order valence-electron chi connectivity index (χ4n) is 2.36. The van der Waals surface area contributed by atoms with E-state index in [2.05, 4.69) is 5.32 Å². The van der Waals surface area contributed by atoms with Crippen LogP contribution < -0.4 is 19.5 Å². The Morgan fingerprint density at radius 1 is 1.11 bits per heavy atom. The number of non-ortho nitro benzene ring substituents is 1. The van der Waals surface area contributed by atoms with Crippen LogP contribution in [0.4, 0.5) is 11.4 Å². The summed E-state index contributed by atoms with van der Waals surface area (Å²) in [4.78, 5) is 22.5. The summed E-state index contributed by atoms with van der Waals surface area (Å²) < 4.78 is 15.7. The van der Waals surface area contributed by atoms with E-state index in [1.165, 1.54) is 51.7 Å². The van der Waals surface area contributed by atoms with Crippen molar-refractivity contribution >= 4 is 23.4 Å². The van der Waals surface area contributed by atoms with Crippen LogP contribution in [0.1, 0.15) is 5.56 Å². The number of hydrogen-bond donors (Lipinski definition) is 1. The van der Waals surface area contributed by atoms with E-state index < -0.39 is 10.8 Å². The van der Waals surface area contributed by atoms with Crippen molar-refractivity contribution in [2.24, 2.45) is 0 Å². The highest BCUT2D eigenvalue weighted by atomic mass is 16.6. The maximum atomic E-state index is 12.4. The second-order valence-electron chi connectivity index (χ2n) is 5.39. The van der Waals surface area contributed by atoms with E-state index in [1.807, 2.05) is 6.07 Å². The molecule has 0 saturated heterocycles. The summed E-state index contributed by atoms with van der Waals surface area (Å²) in [7, 11) is 4.38. The van der Waals surface area contributed by atoms with Gasteiger partial charge in [0.2, 0.25) is 5.75 Å². The zero-order valence-electron chi connectivity index (χ0n) is 15.4. The van der Waals surface area contributed by atoms with Crippen molar-refractivity contribution in [3.63, 3.8) is 0 Å². The third kappa shape index (κ3) is 4.56. The highest BCUT2D eigenvalue weighted by Gasteiger charge is 2.15. The van der Waals surface area contributed by atoms with Gasteiger partial charge in [-0.1, -0.05) is 0 Å². The van der Waals surface area contributed by atoms with Crippen LogP contribution in [0.2, 0.25) is 0 Å². The number of nitro groups is 1. The molecule has 1 amide bonds. The standard InChI is InChI=1S/C19H17N3O6/c1-26-16-9-12(10-17(27-2)18(16)28-3)8-13(11-20)19(23)21-14-4-6-15(7-5-14)22(24)25/h4-10H,1-3H3,(H,21,23)/b13-8+. The Kier molecular flexibility index (Phi) is 6.54. The molecule has 1 N–H and O–H groups in total. The Labute approximate surface area is 160 Å². The summed E-state index contributed by atoms with van der Waals surface area (Å²) >= 11 is 0. The minimum Gasteiger partial charge on any atom is -0.493 e. The molecule has 9 nitrogen and oxygen atoms in total. The predicted octanol–water partition coefficient (Wildman–Crippen LogP) is 3.17. The van der Waals surface area contributed by atoms with Crippen molar-refractivity contribution in [3.8, 4) is 23.3 Å².